The van der Waals surface area contributed by atoms with Gasteiger partial charge in [-0.1, -0.05) is 51.5 Å². The number of furan rings is 1. The zero-order chi connectivity index (χ0) is 27.0. The van der Waals surface area contributed by atoms with E-state index >= 15 is 0 Å². The van der Waals surface area contributed by atoms with Crippen LogP contribution >= 0.6 is 27.3 Å². The van der Waals surface area contributed by atoms with Crippen LogP contribution in [-0.4, -0.2) is 23.8 Å². The molecule has 194 valence electrons. The largest absolute Gasteiger partial charge is 0.497 e. The van der Waals surface area contributed by atoms with Crippen LogP contribution in [0, 0.1) is 0 Å². The standard InChI is InChI=1S/C29H25BrN2O5S/c1-16(2)36-28(34)25-17(3)31-29-32(26(25)18-8-10-21(35-4)11-9-18)27(33)24(38-29)15-22-12-13-23(37-22)19-6-5-7-20(30)14-19/h5-16,26H,1-4H3/b24-15-/t26-/m0/s1. The van der Waals surface area contributed by atoms with E-state index < -0.39 is 12.0 Å². The van der Waals surface area contributed by atoms with E-state index in [-0.39, 0.29) is 11.7 Å². The van der Waals surface area contributed by atoms with Gasteiger partial charge in [-0.25, -0.2) is 9.79 Å². The zero-order valence-electron chi connectivity index (χ0n) is 21.2. The molecule has 0 fully saturated rings. The lowest BCUT2D eigenvalue weighted by Gasteiger charge is -2.25. The fraction of sp³-hybridized carbons (Fsp3) is 0.207. The Hall–Kier alpha value is -3.69. The van der Waals surface area contributed by atoms with Crippen LogP contribution in [0.25, 0.3) is 17.4 Å². The molecule has 0 saturated heterocycles. The maximum atomic E-state index is 13.8. The zero-order valence-corrected chi connectivity index (χ0v) is 23.6. The van der Waals surface area contributed by atoms with E-state index in [9.17, 15) is 9.59 Å². The van der Waals surface area contributed by atoms with Gasteiger partial charge in [0.05, 0.1) is 35.1 Å². The molecule has 9 heteroatoms. The highest BCUT2D eigenvalue weighted by molar-refractivity contribution is 9.10. The Kier molecular flexibility index (Phi) is 7.23. The Bertz CT molecular complexity index is 1730. The van der Waals surface area contributed by atoms with E-state index in [1.165, 1.54) is 11.3 Å². The van der Waals surface area contributed by atoms with Crippen molar-refractivity contribution in [2.45, 2.75) is 32.9 Å². The Labute approximate surface area is 231 Å². The van der Waals surface area contributed by atoms with Crippen molar-refractivity contribution in [3.63, 3.8) is 0 Å². The van der Waals surface area contributed by atoms with Crippen LogP contribution in [0.1, 0.15) is 38.1 Å². The molecule has 1 aliphatic heterocycles. The predicted octanol–water partition coefficient (Wildman–Crippen LogP) is 5.22. The van der Waals surface area contributed by atoms with Gasteiger partial charge in [-0.2, -0.15) is 0 Å². The van der Waals surface area contributed by atoms with E-state index in [0.717, 1.165) is 15.6 Å². The fourth-order valence-corrected chi connectivity index (χ4v) is 5.74. The number of aromatic nitrogens is 1. The highest BCUT2D eigenvalue weighted by Gasteiger charge is 2.33. The number of allylic oxidation sites excluding steroid dienone is 1. The summed E-state index contributed by atoms with van der Waals surface area (Å²) in [5.74, 6) is 1.41. The average molecular weight is 593 g/mol. The SMILES string of the molecule is COc1ccc([C@H]2C(C(=O)OC(C)C)=C(C)N=c3s/c(=C\c4ccc(-c5cccc(Br)c5)o4)c(=O)n32)cc1. The van der Waals surface area contributed by atoms with Crippen LogP contribution in [0.4, 0.5) is 0 Å². The molecule has 7 nitrogen and oxygen atoms in total. The number of hydrogen-bond acceptors (Lipinski definition) is 7. The summed E-state index contributed by atoms with van der Waals surface area (Å²) in [4.78, 5) is 32.1. The third kappa shape index (κ3) is 5.04. The average Bonchev–Trinajstić information content (AvgIpc) is 3.47. The number of carbonyl (C=O) groups excluding carboxylic acids is 1. The summed E-state index contributed by atoms with van der Waals surface area (Å²) in [6.07, 6.45) is 1.39. The van der Waals surface area contributed by atoms with E-state index in [1.54, 1.807) is 50.7 Å². The Morgan fingerprint density at radius 1 is 1.16 bits per heavy atom. The first-order chi connectivity index (χ1) is 18.2. The van der Waals surface area contributed by atoms with Gasteiger partial charge in [-0.15, -0.1) is 0 Å². The van der Waals surface area contributed by atoms with Gasteiger partial charge < -0.3 is 13.9 Å². The van der Waals surface area contributed by atoms with Crippen LogP contribution in [0.5, 0.6) is 5.75 Å². The number of methoxy groups -OCH3 is 1. The molecular weight excluding hydrogens is 568 g/mol. The number of nitrogens with zero attached hydrogens (tertiary/aromatic N) is 2. The first-order valence-electron chi connectivity index (χ1n) is 12.0. The van der Waals surface area contributed by atoms with Gasteiger partial charge in [0, 0.05) is 16.1 Å². The van der Waals surface area contributed by atoms with Crippen LogP contribution in [-0.2, 0) is 9.53 Å². The Morgan fingerprint density at radius 3 is 2.61 bits per heavy atom. The number of benzene rings is 2. The van der Waals surface area contributed by atoms with Crippen molar-refractivity contribution < 1.29 is 18.7 Å². The first kappa shape index (κ1) is 25.9. The second-order valence-electron chi connectivity index (χ2n) is 9.02. The van der Waals surface area contributed by atoms with Gasteiger partial charge in [0.2, 0.25) is 0 Å². The highest BCUT2D eigenvalue weighted by Crippen LogP contribution is 2.32. The van der Waals surface area contributed by atoms with Gasteiger partial charge in [0.1, 0.15) is 17.3 Å². The normalized spacial score (nSPS) is 15.4. The van der Waals surface area contributed by atoms with Crippen molar-refractivity contribution in [2.75, 3.05) is 7.11 Å². The molecule has 0 unspecified atom stereocenters. The van der Waals surface area contributed by atoms with E-state index in [0.29, 0.717) is 37.9 Å². The van der Waals surface area contributed by atoms with Gasteiger partial charge >= 0.3 is 5.97 Å². The summed E-state index contributed by atoms with van der Waals surface area (Å²) < 4.78 is 19.8. The van der Waals surface area contributed by atoms with Crippen LogP contribution in [0.2, 0.25) is 0 Å². The number of carbonyl (C=O) groups is 1. The van der Waals surface area contributed by atoms with Gasteiger partial charge in [0.15, 0.2) is 4.80 Å². The van der Waals surface area contributed by atoms with Gasteiger partial charge in [0.25, 0.3) is 5.56 Å². The third-order valence-electron chi connectivity index (χ3n) is 6.03. The lowest BCUT2D eigenvalue weighted by Crippen LogP contribution is -2.40. The number of fused-ring (bicyclic) bond motifs is 1. The van der Waals surface area contributed by atoms with Crippen molar-refractivity contribution in [1.29, 1.82) is 0 Å². The van der Waals surface area contributed by atoms with Crippen LogP contribution < -0.4 is 19.6 Å². The Morgan fingerprint density at radius 2 is 1.92 bits per heavy atom. The maximum Gasteiger partial charge on any atom is 0.338 e. The van der Waals surface area contributed by atoms with Crippen molar-refractivity contribution in [3.8, 4) is 17.1 Å². The molecule has 1 atom stereocenters. The molecule has 0 aliphatic carbocycles. The topological polar surface area (TPSA) is 83.0 Å². The highest BCUT2D eigenvalue weighted by atomic mass is 79.9. The van der Waals surface area contributed by atoms with E-state index in [2.05, 4.69) is 20.9 Å². The summed E-state index contributed by atoms with van der Waals surface area (Å²) in [6.45, 7) is 5.34. The molecular formula is C29H25BrN2O5S. The first-order valence-corrected chi connectivity index (χ1v) is 13.6. The molecule has 2 aromatic carbocycles. The fourth-order valence-electron chi connectivity index (χ4n) is 4.32. The number of ether oxygens (including phenoxy) is 2. The van der Waals surface area contributed by atoms with Crippen molar-refractivity contribution in [1.82, 2.24) is 4.57 Å². The molecule has 0 spiro atoms. The molecule has 5 rings (SSSR count). The molecule has 0 bridgehead atoms. The van der Waals surface area contributed by atoms with E-state index in [1.807, 2.05) is 48.5 Å². The molecule has 3 heterocycles. The number of hydrogen-bond donors (Lipinski definition) is 0. The van der Waals surface area contributed by atoms with Crippen molar-refractivity contribution in [2.24, 2.45) is 4.99 Å². The monoisotopic (exact) mass is 592 g/mol. The number of rotatable bonds is 6. The summed E-state index contributed by atoms with van der Waals surface area (Å²) >= 11 is 4.73. The van der Waals surface area contributed by atoms with Crippen LogP contribution in [0.15, 0.2) is 90.6 Å². The quantitative estimate of drug-likeness (QED) is 0.287. The third-order valence-corrected chi connectivity index (χ3v) is 7.50. The summed E-state index contributed by atoms with van der Waals surface area (Å²) in [7, 11) is 1.59. The summed E-state index contributed by atoms with van der Waals surface area (Å²) in [6, 6.07) is 18.1. The van der Waals surface area contributed by atoms with Crippen molar-refractivity contribution >= 4 is 39.3 Å². The minimum Gasteiger partial charge on any atom is -0.497 e. The van der Waals surface area contributed by atoms with Crippen LogP contribution in [0.3, 0.4) is 0 Å². The second kappa shape index (κ2) is 10.6. The summed E-state index contributed by atoms with van der Waals surface area (Å²) in [5.41, 5.74) is 2.25. The molecule has 2 aromatic heterocycles. The molecule has 1 aliphatic rings. The number of esters is 1. The maximum absolute atomic E-state index is 13.8. The minimum absolute atomic E-state index is 0.266. The predicted molar refractivity (Wildman–Crippen MR) is 150 cm³/mol. The van der Waals surface area contributed by atoms with Crippen molar-refractivity contribution in [3.05, 3.63) is 107 Å². The molecule has 0 saturated carbocycles. The van der Waals surface area contributed by atoms with Gasteiger partial charge in [-0.3, -0.25) is 9.36 Å². The molecule has 0 radical (unpaired) electrons. The lowest BCUT2D eigenvalue weighted by molar-refractivity contribution is -0.143. The van der Waals surface area contributed by atoms with Gasteiger partial charge in [-0.05, 0) is 62.7 Å². The smallest absolute Gasteiger partial charge is 0.338 e. The molecule has 4 aromatic rings. The number of halogens is 1. The molecule has 0 N–H and O–H groups in total. The van der Waals surface area contributed by atoms with E-state index in [4.69, 9.17) is 13.9 Å². The Balaban J connectivity index is 1.63. The number of thiazole rings is 1. The molecule has 0 amide bonds. The lowest BCUT2D eigenvalue weighted by atomic mass is 9.96. The minimum atomic E-state index is -0.695. The summed E-state index contributed by atoms with van der Waals surface area (Å²) in [5, 5.41) is 0. The second-order valence-corrected chi connectivity index (χ2v) is 10.9. The molecule has 38 heavy (non-hydrogen) atoms.